The first-order chi connectivity index (χ1) is 8.35. The van der Waals surface area contributed by atoms with Gasteiger partial charge in [-0.3, -0.25) is 4.79 Å². The summed E-state index contributed by atoms with van der Waals surface area (Å²) < 4.78 is 22.8. The van der Waals surface area contributed by atoms with E-state index in [1.165, 1.54) is 0 Å². The Bertz CT molecular complexity index is 383. The minimum absolute atomic E-state index is 0.0553. The summed E-state index contributed by atoms with van der Waals surface area (Å²) in [4.78, 5) is 12.9. The number of rotatable bonds is 7. The van der Waals surface area contributed by atoms with Gasteiger partial charge >= 0.3 is 5.97 Å². The highest BCUT2D eigenvalue weighted by Crippen LogP contribution is 2.16. The highest BCUT2D eigenvalue weighted by Gasteiger charge is 2.32. The summed E-state index contributed by atoms with van der Waals surface area (Å²) in [6, 6.07) is -0.696. The molecule has 0 amide bonds. The number of carboxylic acid groups (broad SMARTS) is 1. The van der Waals surface area contributed by atoms with Crippen molar-refractivity contribution >= 4 is 15.8 Å². The van der Waals surface area contributed by atoms with E-state index in [9.17, 15) is 13.2 Å². The fourth-order valence-corrected chi connectivity index (χ4v) is 3.91. The van der Waals surface area contributed by atoms with Crippen molar-refractivity contribution in [2.24, 2.45) is 0 Å². The molecule has 1 aliphatic heterocycles. The van der Waals surface area contributed by atoms with Gasteiger partial charge in [-0.15, -0.1) is 0 Å². The number of hydrogen-bond donors (Lipinski definition) is 2. The van der Waals surface area contributed by atoms with Crippen LogP contribution in [0.15, 0.2) is 0 Å². The SMILES string of the molecule is CCCNC(CN(C)C1CCS(=O)(=O)C1)C(=O)O. The molecule has 2 N–H and O–H groups in total. The second kappa shape index (κ2) is 6.49. The Morgan fingerprint density at radius 2 is 2.22 bits per heavy atom. The molecule has 7 heteroatoms. The molecule has 2 atom stereocenters. The molecule has 1 heterocycles. The second-order valence-corrected chi connectivity index (χ2v) is 7.07. The van der Waals surface area contributed by atoms with Crippen LogP contribution in [0.4, 0.5) is 0 Å². The maximum Gasteiger partial charge on any atom is 0.322 e. The Labute approximate surface area is 108 Å². The Balaban J connectivity index is 2.51. The first-order valence-corrected chi connectivity index (χ1v) is 8.04. The van der Waals surface area contributed by atoms with Crippen LogP contribution < -0.4 is 5.32 Å². The third kappa shape index (κ3) is 4.55. The zero-order valence-corrected chi connectivity index (χ0v) is 11.7. The highest BCUT2D eigenvalue weighted by molar-refractivity contribution is 7.91. The van der Waals surface area contributed by atoms with Gasteiger partial charge in [0.05, 0.1) is 11.5 Å². The Kier molecular flexibility index (Phi) is 5.55. The lowest BCUT2D eigenvalue weighted by atomic mass is 10.2. The van der Waals surface area contributed by atoms with Gasteiger partial charge in [0.2, 0.25) is 0 Å². The van der Waals surface area contributed by atoms with Crippen molar-refractivity contribution in [3.63, 3.8) is 0 Å². The number of carboxylic acids is 1. The first-order valence-electron chi connectivity index (χ1n) is 6.22. The lowest BCUT2D eigenvalue weighted by Crippen LogP contribution is -2.48. The lowest BCUT2D eigenvalue weighted by Gasteiger charge is -2.26. The normalized spacial score (nSPS) is 24.3. The summed E-state index contributed by atoms with van der Waals surface area (Å²) in [5.74, 6) is -0.540. The van der Waals surface area contributed by atoms with Gasteiger partial charge in [0.1, 0.15) is 6.04 Å². The Morgan fingerprint density at radius 1 is 1.56 bits per heavy atom. The summed E-state index contributed by atoms with van der Waals surface area (Å²) in [5, 5.41) is 12.0. The van der Waals surface area contributed by atoms with Gasteiger partial charge in [-0.2, -0.15) is 0 Å². The average molecular weight is 278 g/mol. The zero-order chi connectivity index (χ0) is 13.8. The molecule has 0 aromatic heterocycles. The minimum Gasteiger partial charge on any atom is -0.480 e. The summed E-state index contributed by atoms with van der Waals surface area (Å²) in [5.41, 5.74) is 0. The quantitative estimate of drug-likeness (QED) is 0.656. The lowest BCUT2D eigenvalue weighted by molar-refractivity contribution is -0.140. The van der Waals surface area contributed by atoms with Crippen molar-refractivity contribution in [1.29, 1.82) is 0 Å². The smallest absolute Gasteiger partial charge is 0.322 e. The average Bonchev–Trinajstić information content (AvgIpc) is 2.64. The van der Waals surface area contributed by atoms with Crippen LogP contribution >= 0.6 is 0 Å². The van der Waals surface area contributed by atoms with Gasteiger partial charge < -0.3 is 15.3 Å². The van der Waals surface area contributed by atoms with Crippen LogP contribution in [0.2, 0.25) is 0 Å². The molecule has 0 aromatic carbocycles. The van der Waals surface area contributed by atoms with Crippen LogP contribution in [-0.4, -0.2) is 68.1 Å². The number of nitrogens with one attached hydrogen (secondary N) is 1. The maximum absolute atomic E-state index is 11.4. The van der Waals surface area contributed by atoms with Crippen LogP contribution in [0.5, 0.6) is 0 Å². The van der Waals surface area contributed by atoms with E-state index in [2.05, 4.69) is 5.32 Å². The molecular weight excluding hydrogens is 256 g/mol. The molecule has 0 radical (unpaired) electrons. The van der Waals surface area contributed by atoms with E-state index in [-0.39, 0.29) is 17.5 Å². The molecule has 0 aromatic rings. The van der Waals surface area contributed by atoms with Gasteiger partial charge in [0.15, 0.2) is 9.84 Å². The van der Waals surface area contributed by atoms with Crippen molar-refractivity contribution in [2.75, 3.05) is 31.6 Å². The van der Waals surface area contributed by atoms with Gasteiger partial charge in [0, 0.05) is 12.6 Å². The molecule has 0 aliphatic carbocycles. The first kappa shape index (κ1) is 15.4. The minimum atomic E-state index is -2.92. The molecule has 1 saturated heterocycles. The molecule has 1 aliphatic rings. The number of aliphatic carboxylic acids is 1. The summed E-state index contributed by atoms with van der Waals surface area (Å²) in [6.07, 6.45) is 1.46. The third-order valence-corrected chi connectivity index (χ3v) is 4.99. The van der Waals surface area contributed by atoms with Crippen molar-refractivity contribution in [3.05, 3.63) is 0 Å². The van der Waals surface area contributed by atoms with Crippen LogP contribution in [0, 0.1) is 0 Å². The van der Waals surface area contributed by atoms with Crippen molar-refractivity contribution in [1.82, 2.24) is 10.2 Å². The monoisotopic (exact) mass is 278 g/mol. The number of nitrogens with zero attached hydrogens (tertiary/aromatic N) is 1. The molecule has 0 saturated carbocycles. The van der Waals surface area contributed by atoms with E-state index in [0.717, 1.165) is 6.42 Å². The van der Waals surface area contributed by atoms with Crippen LogP contribution in [0.1, 0.15) is 19.8 Å². The van der Waals surface area contributed by atoms with Crippen molar-refractivity contribution in [2.45, 2.75) is 31.8 Å². The Hall–Kier alpha value is -0.660. The summed E-state index contributed by atoms with van der Waals surface area (Å²) >= 11 is 0. The number of carbonyl (C=O) groups is 1. The fraction of sp³-hybridized carbons (Fsp3) is 0.909. The fourth-order valence-electron chi connectivity index (χ4n) is 2.11. The van der Waals surface area contributed by atoms with E-state index in [4.69, 9.17) is 5.11 Å². The standard InChI is InChI=1S/C11H22N2O4S/c1-3-5-12-10(11(14)15)7-13(2)9-4-6-18(16,17)8-9/h9-10,12H,3-8H2,1-2H3,(H,14,15). The Morgan fingerprint density at radius 3 is 2.67 bits per heavy atom. The third-order valence-electron chi connectivity index (χ3n) is 3.24. The second-order valence-electron chi connectivity index (χ2n) is 4.84. The molecule has 6 nitrogen and oxygen atoms in total. The molecule has 0 spiro atoms. The van der Waals surface area contributed by atoms with Gasteiger partial charge in [0.25, 0.3) is 0 Å². The largest absolute Gasteiger partial charge is 0.480 e. The molecule has 1 fully saturated rings. The van der Waals surface area contributed by atoms with Gasteiger partial charge in [-0.1, -0.05) is 6.92 Å². The molecular formula is C11H22N2O4S. The van der Waals surface area contributed by atoms with Crippen LogP contribution in [0.3, 0.4) is 0 Å². The number of likely N-dealkylation sites (N-methyl/N-ethyl adjacent to an activating group) is 1. The van der Waals surface area contributed by atoms with Crippen molar-refractivity contribution < 1.29 is 18.3 Å². The predicted octanol–water partition coefficient (Wildman–Crippen LogP) is -0.442. The van der Waals surface area contributed by atoms with Gasteiger partial charge in [-0.25, -0.2) is 8.42 Å². The van der Waals surface area contributed by atoms with Crippen LogP contribution in [0.25, 0.3) is 0 Å². The summed E-state index contributed by atoms with van der Waals surface area (Å²) in [7, 11) is -1.14. The molecule has 1 rings (SSSR count). The number of hydrogen-bond acceptors (Lipinski definition) is 5. The van der Waals surface area contributed by atoms with E-state index in [1.54, 1.807) is 7.05 Å². The van der Waals surface area contributed by atoms with Gasteiger partial charge in [-0.05, 0) is 26.4 Å². The molecule has 106 valence electrons. The predicted molar refractivity (Wildman–Crippen MR) is 69.4 cm³/mol. The van der Waals surface area contributed by atoms with Crippen LogP contribution in [-0.2, 0) is 14.6 Å². The van der Waals surface area contributed by atoms with E-state index < -0.39 is 21.8 Å². The molecule has 2 unspecified atom stereocenters. The zero-order valence-electron chi connectivity index (χ0n) is 10.9. The number of sulfone groups is 1. The maximum atomic E-state index is 11.4. The van der Waals surface area contributed by atoms with E-state index in [0.29, 0.717) is 19.5 Å². The van der Waals surface area contributed by atoms with E-state index >= 15 is 0 Å². The van der Waals surface area contributed by atoms with E-state index in [1.807, 2.05) is 11.8 Å². The molecule has 0 bridgehead atoms. The van der Waals surface area contributed by atoms with Crippen molar-refractivity contribution in [3.8, 4) is 0 Å². The summed E-state index contributed by atoms with van der Waals surface area (Å²) in [6.45, 7) is 2.95. The topological polar surface area (TPSA) is 86.7 Å². The highest BCUT2D eigenvalue weighted by atomic mass is 32.2. The molecule has 18 heavy (non-hydrogen) atoms.